The second-order valence-electron chi connectivity index (χ2n) is 11.7. The van der Waals surface area contributed by atoms with Crippen molar-refractivity contribution in [3.05, 3.63) is 169 Å². The minimum absolute atomic E-state index is 0. The summed E-state index contributed by atoms with van der Waals surface area (Å²) in [6.07, 6.45) is 3.63. The average molecular weight is 771 g/mol. The van der Waals surface area contributed by atoms with Gasteiger partial charge in [-0.2, -0.15) is 0 Å². The smallest absolute Gasteiger partial charge is 0.0626 e. The first-order chi connectivity index (χ1) is 23.8. The van der Waals surface area contributed by atoms with Crippen LogP contribution in [-0.4, -0.2) is 9.97 Å². The molecule has 3 heteroatoms. The molecule has 2 aromatic heterocycles. The van der Waals surface area contributed by atoms with E-state index in [-0.39, 0.29) is 44.3 Å². The van der Waals surface area contributed by atoms with Crippen molar-refractivity contribution >= 4 is 32.3 Å². The maximum atomic E-state index is 8.59. The molecule has 0 amide bonds. The van der Waals surface area contributed by atoms with Crippen molar-refractivity contribution in [2.75, 3.05) is 0 Å². The van der Waals surface area contributed by atoms with E-state index >= 15 is 0 Å². The van der Waals surface area contributed by atoms with Gasteiger partial charge in [0.2, 0.25) is 0 Å². The van der Waals surface area contributed by atoms with E-state index in [1.54, 1.807) is 6.20 Å². The van der Waals surface area contributed by atoms with Crippen LogP contribution in [-0.2, 0) is 25.5 Å². The Morgan fingerprint density at radius 2 is 1.37 bits per heavy atom. The quantitative estimate of drug-likeness (QED) is 0.129. The van der Waals surface area contributed by atoms with E-state index in [1.165, 1.54) is 21.5 Å². The minimum atomic E-state index is -0.582. The second kappa shape index (κ2) is 12.1. The maximum Gasteiger partial charge on any atom is 0.0626 e. The molecule has 2 heterocycles. The molecule has 0 saturated heterocycles. The summed E-state index contributed by atoms with van der Waals surface area (Å²) in [6, 6.07) is 42.9. The van der Waals surface area contributed by atoms with Crippen molar-refractivity contribution in [2.45, 2.75) is 19.3 Å². The van der Waals surface area contributed by atoms with Gasteiger partial charge in [0.15, 0.2) is 0 Å². The Morgan fingerprint density at radius 3 is 2.22 bits per heavy atom. The first-order valence-electron chi connectivity index (χ1n) is 17.0. The summed E-state index contributed by atoms with van der Waals surface area (Å²) in [4.78, 5) is 8.98. The van der Waals surface area contributed by atoms with Crippen molar-refractivity contribution in [2.24, 2.45) is 0 Å². The van der Waals surface area contributed by atoms with Gasteiger partial charge in [0.05, 0.1) is 5.48 Å². The van der Waals surface area contributed by atoms with Gasteiger partial charge in [-0.25, -0.2) is 0 Å². The predicted molar refractivity (Wildman–Crippen MR) is 187 cm³/mol. The molecule has 0 bridgehead atoms. The van der Waals surface area contributed by atoms with Crippen LogP contribution in [0, 0.1) is 12.1 Å². The molecule has 0 N–H and O–H groups in total. The molecule has 223 valence electrons. The number of pyridine rings is 2. The molecule has 6 aromatic carbocycles. The van der Waals surface area contributed by atoms with Crippen LogP contribution < -0.4 is 0 Å². The van der Waals surface area contributed by atoms with E-state index in [4.69, 9.17) is 10.5 Å². The van der Waals surface area contributed by atoms with Crippen molar-refractivity contribution in [1.29, 1.82) is 0 Å². The van der Waals surface area contributed by atoms with Gasteiger partial charge in [0.1, 0.15) is 0 Å². The summed E-state index contributed by atoms with van der Waals surface area (Å²) in [5, 5.41) is 7.00. The zero-order chi connectivity index (χ0) is 33.9. The summed E-state index contributed by atoms with van der Waals surface area (Å²) in [7, 11) is 0. The molecule has 0 fully saturated rings. The molecule has 0 spiro atoms. The third-order valence-electron chi connectivity index (χ3n) is 8.78. The van der Waals surface area contributed by atoms with E-state index in [1.807, 2.05) is 68.6 Å². The van der Waals surface area contributed by atoms with Crippen LogP contribution in [0.1, 0.15) is 30.5 Å². The van der Waals surface area contributed by atoms with Crippen LogP contribution in [0.3, 0.4) is 0 Å². The van der Waals surface area contributed by atoms with E-state index in [2.05, 4.69) is 77.8 Å². The Hall–Kier alpha value is -4.95. The van der Waals surface area contributed by atoms with Gasteiger partial charge in [-0.05, 0) is 66.8 Å². The van der Waals surface area contributed by atoms with E-state index < -0.39 is 5.41 Å². The van der Waals surface area contributed by atoms with Crippen LogP contribution in [0.25, 0.3) is 66.0 Å². The summed E-state index contributed by atoms with van der Waals surface area (Å²) in [5.74, 6) is 0. The fourth-order valence-electron chi connectivity index (χ4n) is 6.51. The number of hydrogen-bond acceptors (Lipinski definition) is 2. The SMILES string of the molecule is [2H]c1c([2H])c([2H])c2c(c1[2H])-c1c[c-]c(-c3nccc4c3ccc3c5ccccc5ccc43)cc1C2(C)C.[Ir].[c-]1ccccc1-c1ccccn1. The van der Waals surface area contributed by atoms with Gasteiger partial charge in [0, 0.05) is 32.5 Å². The Kier molecular flexibility index (Phi) is 6.64. The molecule has 1 radical (unpaired) electrons. The van der Waals surface area contributed by atoms with Crippen LogP contribution in [0.15, 0.2) is 146 Å². The molecule has 0 aliphatic heterocycles. The van der Waals surface area contributed by atoms with Crippen molar-refractivity contribution in [1.82, 2.24) is 9.97 Å². The molecule has 1 aliphatic rings. The van der Waals surface area contributed by atoms with Gasteiger partial charge < -0.3 is 9.97 Å². The Labute approximate surface area is 288 Å². The monoisotopic (exact) mass is 771 g/mol. The van der Waals surface area contributed by atoms with Crippen LogP contribution in [0.5, 0.6) is 0 Å². The molecule has 1 aliphatic carbocycles. The third kappa shape index (κ3) is 5.03. The molecule has 0 saturated carbocycles. The molecular formula is C43H30IrN2-2. The third-order valence-corrected chi connectivity index (χ3v) is 8.78. The van der Waals surface area contributed by atoms with Crippen LogP contribution >= 0.6 is 0 Å². The van der Waals surface area contributed by atoms with E-state index in [9.17, 15) is 0 Å². The summed E-state index contributed by atoms with van der Waals surface area (Å²) in [6.45, 7) is 4.05. The first kappa shape index (κ1) is 25.3. The van der Waals surface area contributed by atoms with Crippen molar-refractivity contribution in [3.63, 3.8) is 0 Å². The predicted octanol–water partition coefficient (Wildman–Crippen LogP) is 10.9. The average Bonchev–Trinajstić information content (AvgIpc) is 3.39. The largest absolute Gasteiger partial charge is 0.305 e. The van der Waals surface area contributed by atoms with Crippen molar-refractivity contribution in [3.8, 4) is 33.6 Å². The summed E-state index contributed by atoms with van der Waals surface area (Å²) >= 11 is 0. The number of fused-ring (bicyclic) bond motifs is 8. The molecule has 0 atom stereocenters. The minimum Gasteiger partial charge on any atom is -0.305 e. The van der Waals surface area contributed by atoms with E-state index in [0.29, 0.717) is 11.1 Å². The van der Waals surface area contributed by atoms with E-state index in [0.717, 1.165) is 44.4 Å². The molecule has 2 nitrogen and oxygen atoms in total. The zero-order valence-electron chi connectivity index (χ0n) is 29.3. The number of nitrogens with zero attached hydrogens (tertiary/aromatic N) is 2. The topological polar surface area (TPSA) is 25.8 Å². The molecular weight excluding hydrogens is 737 g/mol. The Morgan fingerprint density at radius 1 is 0.609 bits per heavy atom. The Balaban J connectivity index is 0.000000255. The fraction of sp³-hybridized carbons (Fsp3) is 0.0698. The van der Waals surface area contributed by atoms with Crippen molar-refractivity contribution < 1.29 is 25.6 Å². The number of rotatable bonds is 2. The summed E-state index contributed by atoms with van der Waals surface area (Å²) < 4.78 is 33.6. The first-order valence-corrected chi connectivity index (χ1v) is 15.0. The molecule has 0 unspecified atom stereocenters. The standard InChI is InChI=1S/C32H22N.C11H8N.Ir/c1-32(2)29-10-6-5-9-26(29)27-14-12-21(19-30(27)32)31-28-16-15-23-22-8-4-3-7-20(22)11-13-24(23)25(28)17-18-33-31;1-2-6-10(7-3-1)11-8-4-5-9-12-11;/h3-11,13-19H,1-2H3;1-6,8-9H;/q2*-1;/i5D,6D,9D,10D;;. The second-order valence-corrected chi connectivity index (χ2v) is 11.7. The normalized spacial score (nSPS) is 13.8. The van der Waals surface area contributed by atoms with Crippen LogP contribution in [0.2, 0.25) is 0 Å². The van der Waals surface area contributed by atoms with Gasteiger partial charge in [-0.3, -0.25) is 0 Å². The fourth-order valence-corrected chi connectivity index (χ4v) is 6.51. The van der Waals surface area contributed by atoms with Gasteiger partial charge in [0.25, 0.3) is 0 Å². The Bertz CT molecular complexity index is 2530. The maximum absolute atomic E-state index is 8.59. The summed E-state index contributed by atoms with van der Waals surface area (Å²) in [5.41, 5.74) is 6.11. The zero-order valence-corrected chi connectivity index (χ0v) is 27.7. The van der Waals surface area contributed by atoms with Gasteiger partial charge >= 0.3 is 0 Å². The van der Waals surface area contributed by atoms with Gasteiger partial charge in [-0.1, -0.05) is 110 Å². The molecule has 9 rings (SSSR count). The van der Waals surface area contributed by atoms with Gasteiger partial charge in [-0.15, -0.1) is 65.2 Å². The van der Waals surface area contributed by atoms with Crippen LogP contribution in [0.4, 0.5) is 0 Å². The molecule has 8 aromatic rings. The molecule has 46 heavy (non-hydrogen) atoms. The number of hydrogen-bond donors (Lipinski definition) is 0. The number of aromatic nitrogens is 2. The number of benzene rings is 6.